The highest BCUT2D eigenvalue weighted by Crippen LogP contribution is 2.34. The zero-order chi connectivity index (χ0) is 19.7. The minimum atomic E-state index is -0.322. The zero-order valence-corrected chi connectivity index (χ0v) is 16.7. The second kappa shape index (κ2) is 7.59. The number of nitrogens with zero attached hydrogens (tertiary/aromatic N) is 2. The average Bonchev–Trinajstić information content (AvgIpc) is 3.30. The van der Waals surface area contributed by atoms with Gasteiger partial charge in [-0.2, -0.15) is 0 Å². The number of hydrogen-bond acceptors (Lipinski definition) is 5. The molecule has 1 aromatic heterocycles. The van der Waals surface area contributed by atoms with E-state index in [1.165, 1.54) is 17.3 Å². The number of fused-ring (bicyclic) bond motifs is 1. The Morgan fingerprint density at radius 1 is 1.18 bits per heavy atom. The molecule has 6 nitrogen and oxygen atoms in total. The molecular formula is C21H21N3O3S. The molecule has 2 aromatic carbocycles. The summed E-state index contributed by atoms with van der Waals surface area (Å²) < 4.78 is 12.7. The number of anilines is 1. The fraction of sp³-hybridized carbons (Fsp3) is 0.238. The molecule has 0 fully saturated rings. The van der Waals surface area contributed by atoms with E-state index in [1.807, 2.05) is 17.7 Å². The lowest BCUT2D eigenvalue weighted by Crippen LogP contribution is -2.22. The lowest BCUT2D eigenvalue weighted by molar-refractivity contribution is -0.115. The summed E-state index contributed by atoms with van der Waals surface area (Å²) in [6, 6.07) is 11.7. The smallest absolute Gasteiger partial charge is 0.237 e. The highest BCUT2D eigenvalue weighted by atomic mass is 32.2. The Morgan fingerprint density at radius 2 is 2.00 bits per heavy atom. The number of nitrogens with one attached hydrogen (secondary N) is 1. The molecule has 4 rings (SSSR count). The molecule has 1 atom stereocenters. The van der Waals surface area contributed by atoms with E-state index in [0.717, 1.165) is 16.4 Å². The van der Waals surface area contributed by atoms with E-state index in [2.05, 4.69) is 42.3 Å². The Kier molecular flexibility index (Phi) is 5.00. The molecule has 1 aliphatic heterocycles. The third-order valence-corrected chi connectivity index (χ3v) is 5.59. The molecule has 0 spiro atoms. The molecular weight excluding hydrogens is 374 g/mol. The summed E-state index contributed by atoms with van der Waals surface area (Å²) in [6.45, 7) is 6.23. The number of benzene rings is 2. The third-order valence-electron chi connectivity index (χ3n) is 4.51. The van der Waals surface area contributed by atoms with Gasteiger partial charge in [0.05, 0.1) is 10.9 Å². The van der Waals surface area contributed by atoms with Crippen LogP contribution in [0.1, 0.15) is 18.1 Å². The van der Waals surface area contributed by atoms with Crippen molar-refractivity contribution in [2.24, 2.45) is 0 Å². The van der Waals surface area contributed by atoms with Crippen molar-refractivity contribution in [2.45, 2.75) is 31.2 Å². The quantitative estimate of drug-likeness (QED) is 0.651. The fourth-order valence-electron chi connectivity index (χ4n) is 3.07. The average molecular weight is 395 g/mol. The molecule has 0 saturated heterocycles. The van der Waals surface area contributed by atoms with E-state index in [4.69, 9.17) is 9.47 Å². The van der Waals surface area contributed by atoms with Gasteiger partial charge in [-0.15, -0.1) is 0 Å². The number of ether oxygens (including phenoxy) is 2. The van der Waals surface area contributed by atoms with Crippen LogP contribution in [-0.2, 0) is 4.79 Å². The molecule has 1 amide bonds. The maximum atomic E-state index is 12.7. The summed E-state index contributed by atoms with van der Waals surface area (Å²) in [5, 5.41) is 3.39. The number of carbonyl (C=O) groups is 1. The monoisotopic (exact) mass is 395 g/mol. The largest absolute Gasteiger partial charge is 0.454 e. The van der Waals surface area contributed by atoms with Crippen LogP contribution >= 0.6 is 11.8 Å². The lowest BCUT2D eigenvalue weighted by Gasteiger charge is -2.15. The summed E-state index contributed by atoms with van der Waals surface area (Å²) in [6.07, 6.45) is 3.67. The highest BCUT2D eigenvalue weighted by molar-refractivity contribution is 8.00. The van der Waals surface area contributed by atoms with Crippen LogP contribution in [0.2, 0.25) is 0 Å². The lowest BCUT2D eigenvalue weighted by atomic mass is 10.1. The first-order chi connectivity index (χ1) is 13.5. The number of aryl methyl sites for hydroxylation is 2. The number of carbonyl (C=O) groups excluding carboxylic acids is 1. The number of thioether (sulfide) groups is 1. The van der Waals surface area contributed by atoms with E-state index < -0.39 is 0 Å². The van der Waals surface area contributed by atoms with Gasteiger partial charge in [-0.25, -0.2) is 4.98 Å². The minimum Gasteiger partial charge on any atom is -0.454 e. The molecule has 1 aliphatic rings. The first-order valence-corrected chi connectivity index (χ1v) is 9.87. The molecule has 2 heterocycles. The number of aromatic nitrogens is 2. The molecule has 0 saturated carbocycles. The van der Waals surface area contributed by atoms with E-state index in [1.54, 1.807) is 24.4 Å². The molecule has 144 valence electrons. The van der Waals surface area contributed by atoms with Crippen molar-refractivity contribution in [3.05, 3.63) is 59.9 Å². The van der Waals surface area contributed by atoms with Crippen molar-refractivity contribution < 1.29 is 14.3 Å². The third kappa shape index (κ3) is 3.71. The molecule has 3 aromatic rings. The Morgan fingerprint density at radius 3 is 2.82 bits per heavy atom. The van der Waals surface area contributed by atoms with Gasteiger partial charge in [0, 0.05) is 24.1 Å². The molecule has 28 heavy (non-hydrogen) atoms. The zero-order valence-electron chi connectivity index (χ0n) is 15.9. The summed E-state index contributed by atoms with van der Waals surface area (Å²) in [5.74, 6) is 1.23. The van der Waals surface area contributed by atoms with Gasteiger partial charge in [0.1, 0.15) is 0 Å². The first-order valence-electron chi connectivity index (χ1n) is 8.99. The summed E-state index contributed by atoms with van der Waals surface area (Å²) in [5.41, 5.74) is 4.12. The predicted octanol–water partition coefficient (Wildman–Crippen LogP) is 4.34. The molecule has 7 heteroatoms. The second-order valence-corrected chi connectivity index (χ2v) is 8.00. The van der Waals surface area contributed by atoms with Crippen molar-refractivity contribution in [3.8, 4) is 17.2 Å². The number of imidazole rings is 1. The van der Waals surface area contributed by atoms with Crippen LogP contribution in [0.15, 0.2) is 53.9 Å². The van der Waals surface area contributed by atoms with Gasteiger partial charge in [0.15, 0.2) is 16.7 Å². The molecule has 0 bridgehead atoms. The topological polar surface area (TPSA) is 65.4 Å². The van der Waals surface area contributed by atoms with Gasteiger partial charge < -0.3 is 14.8 Å². The van der Waals surface area contributed by atoms with Gasteiger partial charge in [0.25, 0.3) is 0 Å². The minimum absolute atomic E-state index is 0.0981. The fourth-order valence-corrected chi connectivity index (χ4v) is 3.94. The van der Waals surface area contributed by atoms with Gasteiger partial charge >= 0.3 is 0 Å². The standard InChI is InChI=1S/C21H21N3O3S/c1-13-4-6-17(14(2)10-13)24-9-8-22-21(24)28-15(3)20(25)23-16-5-7-18-19(11-16)27-12-26-18/h4-11,15H,12H2,1-3H3,(H,23,25)/t15-/m1/s1. The summed E-state index contributed by atoms with van der Waals surface area (Å²) in [4.78, 5) is 17.1. The van der Waals surface area contributed by atoms with E-state index in [9.17, 15) is 4.79 Å². The second-order valence-electron chi connectivity index (χ2n) is 6.69. The Bertz CT molecular complexity index is 1030. The normalized spacial score (nSPS) is 13.4. The Balaban J connectivity index is 1.47. The van der Waals surface area contributed by atoms with Crippen LogP contribution < -0.4 is 14.8 Å². The highest BCUT2D eigenvalue weighted by Gasteiger charge is 2.20. The van der Waals surface area contributed by atoms with Crippen LogP contribution in [0.25, 0.3) is 5.69 Å². The van der Waals surface area contributed by atoms with Crippen LogP contribution in [0.5, 0.6) is 11.5 Å². The van der Waals surface area contributed by atoms with Gasteiger partial charge in [-0.05, 0) is 44.5 Å². The van der Waals surface area contributed by atoms with Crippen molar-refractivity contribution in [1.29, 1.82) is 0 Å². The number of hydrogen-bond donors (Lipinski definition) is 1. The Hall–Kier alpha value is -2.93. The SMILES string of the molecule is Cc1ccc(-n2ccnc2S[C@H](C)C(=O)Nc2ccc3c(c2)OCO3)c(C)c1. The van der Waals surface area contributed by atoms with Crippen molar-refractivity contribution in [2.75, 3.05) is 12.1 Å². The number of amides is 1. The molecule has 0 unspecified atom stereocenters. The summed E-state index contributed by atoms with van der Waals surface area (Å²) in [7, 11) is 0. The maximum Gasteiger partial charge on any atom is 0.237 e. The molecule has 1 N–H and O–H groups in total. The van der Waals surface area contributed by atoms with E-state index in [0.29, 0.717) is 17.2 Å². The number of rotatable bonds is 5. The van der Waals surface area contributed by atoms with Crippen molar-refractivity contribution >= 4 is 23.4 Å². The van der Waals surface area contributed by atoms with E-state index >= 15 is 0 Å². The van der Waals surface area contributed by atoms with Crippen LogP contribution in [-0.4, -0.2) is 27.5 Å². The Labute approximate surface area is 167 Å². The summed E-state index contributed by atoms with van der Waals surface area (Å²) >= 11 is 1.42. The first kappa shape index (κ1) is 18.4. The van der Waals surface area contributed by atoms with Crippen LogP contribution in [0, 0.1) is 13.8 Å². The van der Waals surface area contributed by atoms with Crippen molar-refractivity contribution in [1.82, 2.24) is 9.55 Å². The van der Waals surface area contributed by atoms with Gasteiger partial charge in [0.2, 0.25) is 12.7 Å². The van der Waals surface area contributed by atoms with Crippen LogP contribution in [0.3, 0.4) is 0 Å². The molecule has 0 aliphatic carbocycles. The van der Waals surface area contributed by atoms with Crippen LogP contribution in [0.4, 0.5) is 5.69 Å². The maximum absolute atomic E-state index is 12.7. The van der Waals surface area contributed by atoms with Gasteiger partial charge in [-0.3, -0.25) is 9.36 Å². The van der Waals surface area contributed by atoms with Gasteiger partial charge in [-0.1, -0.05) is 29.5 Å². The van der Waals surface area contributed by atoms with E-state index in [-0.39, 0.29) is 18.0 Å². The molecule has 0 radical (unpaired) electrons. The van der Waals surface area contributed by atoms with Crippen molar-refractivity contribution in [3.63, 3.8) is 0 Å². The predicted molar refractivity (Wildman–Crippen MR) is 110 cm³/mol.